The van der Waals surface area contributed by atoms with Crippen molar-refractivity contribution >= 4 is 23.2 Å². The van der Waals surface area contributed by atoms with Crippen LogP contribution in [0.4, 0.5) is 11.4 Å². The summed E-state index contributed by atoms with van der Waals surface area (Å²) in [7, 11) is 0. The summed E-state index contributed by atoms with van der Waals surface area (Å²) in [6.07, 6.45) is 0. The molecule has 0 aliphatic carbocycles. The molecule has 0 saturated heterocycles. The lowest BCUT2D eigenvalue weighted by atomic mass is 10.2. The highest BCUT2D eigenvalue weighted by Crippen LogP contribution is 2.25. The quantitative estimate of drug-likeness (QED) is 0.671. The summed E-state index contributed by atoms with van der Waals surface area (Å²) in [6.45, 7) is 2.71. The smallest absolute Gasteiger partial charge is 0.247 e. The second-order valence-electron chi connectivity index (χ2n) is 4.63. The summed E-state index contributed by atoms with van der Waals surface area (Å²) < 4.78 is 5.64. The van der Waals surface area contributed by atoms with Gasteiger partial charge in [0.1, 0.15) is 11.5 Å². The molecule has 6 nitrogen and oxygen atoms in total. The van der Waals surface area contributed by atoms with Crippen molar-refractivity contribution in [2.45, 2.75) is 13.8 Å². The van der Waals surface area contributed by atoms with Crippen LogP contribution in [0.5, 0.6) is 11.5 Å². The number of hydrogen-bond acceptors (Lipinski definition) is 4. The zero-order valence-corrected chi connectivity index (χ0v) is 12.2. The minimum atomic E-state index is -0.470. The van der Waals surface area contributed by atoms with Crippen LogP contribution in [0.3, 0.4) is 0 Å². The molecule has 0 heterocycles. The second kappa shape index (κ2) is 6.73. The van der Waals surface area contributed by atoms with Crippen molar-refractivity contribution < 1.29 is 19.5 Å². The summed E-state index contributed by atoms with van der Waals surface area (Å²) in [5, 5.41) is 12.7. The number of benzene rings is 2. The van der Waals surface area contributed by atoms with Gasteiger partial charge in [-0.3, -0.25) is 14.8 Å². The maximum absolute atomic E-state index is 11.0. The van der Waals surface area contributed by atoms with Crippen LogP contribution in [0.1, 0.15) is 13.8 Å². The summed E-state index contributed by atoms with van der Waals surface area (Å²) in [5.41, 5.74) is 1.05. The highest BCUT2D eigenvalue weighted by molar-refractivity contribution is 5.89. The first-order chi connectivity index (χ1) is 10.5. The Balaban J connectivity index is 2.04. The average Bonchev–Trinajstić information content (AvgIpc) is 2.49. The molecule has 2 amide bonds. The molecule has 0 aliphatic heterocycles. The van der Waals surface area contributed by atoms with Crippen molar-refractivity contribution in [1.29, 1.82) is 0 Å². The molecule has 2 aromatic carbocycles. The highest BCUT2D eigenvalue weighted by atomic mass is 16.5. The second-order valence-corrected chi connectivity index (χ2v) is 4.63. The fraction of sp³-hybridized carbons (Fsp3) is 0.125. The Hall–Kier alpha value is -2.86. The zero-order valence-electron chi connectivity index (χ0n) is 12.2. The van der Waals surface area contributed by atoms with Gasteiger partial charge in [0.05, 0.1) is 5.69 Å². The topological polar surface area (TPSA) is 78.9 Å². The number of nitrogens with one attached hydrogen (secondary N) is 1. The Morgan fingerprint density at radius 3 is 1.91 bits per heavy atom. The fourth-order valence-electron chi connectivity index (χ4n) is 1.78. The molecule has 114 valence electrons. The standard InChI is InChI=1S/C16H16N2O4/c1-11(19)17-13-3-7-15(8-4-13)22-16-9-5-14(6-10-16)18(21)12(2)20/h3-10,21H,1-2H3,(H,17,19). The summed E-state index contributed by atoms with van der Waals surface area (Å²) in [6, 6.07) is 13.4. The van der Waals surface area contributed by atoms with Crippen LogP contribution in [-0.2, 0) is 9.59 Å². The van der Waals surface area contributed by atoms with E-state index >= 15 is 0 Å². The number of carbonyl (C=O) groups is 2. The molecule has 0 bridgehead atoms. The molecule has 2 rings (SSSR count). The Kier molecular flexibility index (Phi) is 4.75. The van der Waals surface area contributed by atoms with Crippen molar-refractivity contribution in [3.8, 4) is 11.5 Å². The van der Waals surface area contributed by atoms with Gasteiger partial charge in [-0.15, -0.1) is 0 Å². The molecule has 0 aromatic heterocycles. The van der Waals surface area contributed by atoms with Gasteiger partial charge in [0, 0.05) is 19.5 Å². The van der Waals surface area contributed by atoms with E-state index in [4.69, 9.17) is 4.74 Å². The Morgan fingerprint density at radius 1 is 0.955 bits per heavy atom. The predicted molar refractivity (Wildman–Crippen MR) is 82.2 cm³/mol. The number of ether oxygens (including phenoxy) is 1. The molecule has 0 fully saturated rings. The lowest BCUT2D eigenvalue weighted by molar-refractivity contribution is -0.121. The number of hydroxylamine groups is 1. The first-order valence-electron chi connectivity index (χ1n) is 6.61. The Bertz CT molecular complexity index is 666. The number of amides is 2. The van der Waals surface area contributed by atoms with Crippen molar-refractivity contribution in [1.82, 2.24) is 0 Å². The third-order valence-electron chi connectivity index (χ3n) is 2.79. The Labute approximate surface area is 127 Å². The van der Waals surface area contributed by atoms with Gasteiger partial charge in [-0.1, -0.05) is 0 Å². The van der Waals surface area contributed by atoms with Crippen molar-refractivity contribution in [2.75, 3.05) is 10.4 Å². The molecule has 6 heteroatoms. The van der Waals surface area contributed by atoms with Crippen LogP contribution in [-0.4, -0.2) is 17.0 Å². The number of carbonyl (C=O) groups excluding carboxylic acids is 2. The summed E-state index contributed by atoms with van der Waals surface area (Å²) in [4.78, 5) is 22.0. The number of anilines is 2. The van der Waals surface area contributed by atoms with E-state index in [0.717, 1.165) is 0 Å². The van der Waals surface area contributed by atoms with E-state index in [1.807, 2.05) is 0 Å². The van der Waals surface area contributed by atoms with Gasteiger partial charge >= 0.3 is 0 Å². The number of rotatable bonds is 4. The maximum Gasteiger partial charge on any atom is 0.247 e. The minimum absolute atomic E-state index is 0.136. The molecular formula is C16H16N2O4. The van der Waals surface area contributed by atoms with E-state index in [-0.39, 0.29) is 5.91 Å². The molecule has 0 atom stereocenters. The molecular weight excluding hydrogens is 284 g/mol. The SMILES string of the molecule is CC(=O)Nc1ccc(Oc2ccc(N(O)C(C)=O)cc2)cc1. The molecule has 2 aromatic rings. The third-order valence-corrected chi connectivity index (χ3v) is 2.79. The van der Waals surface area contributed by atoms with Gasteiger partial charge in [-0.05, 0) is 48.5 Å². The van der Waals surface area contributed by atoms with Crippen LogP contribution >= 0.6 is 0 Å². The number of nitrogens with zero attached hydrogens (tertiary/aromatic N) is 1. The third kappa shape index (κ3) is 4.07. The monoisotopic (exact) mass is 300 g/mol. The lowest BCUT2D eigenvalue weighted by Gasteiger charge is -2.13. The van der Waals surface area contributed by atoms with Gasteiger partial charge in [-0.25, -0.2) is 0 Å². The molecule has 0 aliphatic rings. The van der Waals surface area contributed by atoms with Crippen molar-refractivity contribution in [3.05, 3.63) is 48.5 Å². The minimum Gasteiger partial charge on any atom is -0.457 e. The highest BCUT2D eigenvalue weighted by Gasteiger charge is 2.07. The van der Waals surface area contributed by atoms with Gasteiger partial charge in [0.15, 0.2) is 0 Å². The van der Waals surface area contributed by atoms with E-state index in [9.17, 15) is 14.8 Å². The van der Waals surface area contributed by atoms with E-state index in [0.29, 0.717) is 27.9 Å². The van der Waals surface area contributed by atoms with E-state index in [2.05, 4.69) is 5.32 Å². The molecule has 0 unspecified atom stereocenters. The van der Waals surface area contributed by atoms with E-state index in [1.54, 1.807) is 48.5 Å². The van der Waals surface area contributed by atoms with Gasteiger partial charge in [0.25, 0.3) is 0 Å². The fourth-order valence-corrected chi connectivity index (χ4v) is 1.78. The van der Waals surface area contributed by atoms with Gasteiger partial charge in [0.2, 0.25) is 11.8 Å². The van der Waals surface area contributed by atoms with E-state index in [1.165, 1.54) is 13.8 Å². The molecule has 0 saturated carbocycles. The van der Waals surface area contributed by atoms with Crippen LogP contribution in [0.25, 0.3) is 0 Å². The van der Waals surface area contributed by atoms with Gasteiger partial charge < -0.3 is 10.1 Å². The summed E-state index contributed by atoms with van der Waals surface area (Å²) >= 11 is 0. The van der Waals surface area contributed by atoms with Crippen molar-refractivity contribution in [3.63, 3.8) is 0 Å². The Morgan fingerprint density at radius 2 is 1.45 bits per heavy atom. The lowest BCUT2D eigenvalue weighted by Crippen LogP contribution is -2.23. The first kappa shape index (κ1) is 15.5. The van der Waals surface area contributed by atoms with Crippen LogP contribution in [0.2, 0.25) is 0 Å². The summed E-state index contributed by atoms with van der Waals surface area (Å²) in [5.74, 6) is 0.563. The predicted octanol–water partition coefficient (Wildman–Crippen LogP) is 3.18. The number of hydrogen-bond donors (Lipinski definition) is 2. The molecule has 0 spiro atoms. The molecule has 22 heavy (non-hydrogen) atoms. The maximum atomic E-state index is 11.0. The van der Waals surface area contributed by atoms with E-state index < -0.39 is 5.91 Å². The first-order valence-corrected chi connectivity index (χ1v) is 6.61. The normalized spacial score (nSPS) is 9.95. The molecule has 2 N–H and O–H groups in total. The largest absolute Gasteiger partial charge is 0.457 e. The average molecular weight is 300 g/mol. The van der Waals surface area contributed by atoms with Gasteiger partial charge in [-0.2, -0.15) is 5.06 Å². The zero-order chi connectivity index (χ0) is 16.1. The molecule has 0 radical (unpaired) electrons. The van der Waals surface area contributed by atoms with Crippen LogP contribution in [0, 0.1) is 0 Å². The van der Waals surface area contributed by atoms with Crippen molar-refractivity contribution in [2.24, 2.45) is 0 Å². The van der Waals surface area contributed by atoms with Crippen LogP contribution in [0.15, 0.2) is 48.5 Å². The van der Waals surface area contributed by atoms with Crippen LogP contribution < -0.4 is 15.1 Å².